The van der Waals surface area contributed by atoms with Crippen LogP contribution in [0.2, 0.25) is 0 Å². The summed E-state index contributed by atoms with van der Waals surface area (Å²) in [6.45, 7) is 4.50. The maximum absolute atomic E-state index is 11.7. The smallest absolute Gasteiger partial charge is 0.221 e. The first kappa shape index (κ1) is 15.7. The molecule has 1 amide bonds. The summed E-state index contributed by atoms with van der Waals surface area (Å²) >= 11 is 0. The summed E-state index contributed by atoms with van der Waals surface area (Å²) in [4.78, 5) is 13.8. The summed E-state index contributed by atoms with van der Waals surface area (Å²) in [7, 11) is 4.03. The molecule has 0 bridgehead atoms. The van der Waals surface area contributed by atoms with E-state index in [1.165, 1.54) is 11.1 Å². The molecule has 0 fully saturated rings. The number of nitrogens with zero attached hydrogens (tertiary/aromatic N) is 1. The summed E-state index contributed by atoms with van der Waals surface area (Å²) in [5.74, 6) is 0.00830. The van der Waals surface area contributed by atoms with Gasteiger partial charge in [-0.25, -0.2) is 0 Å². The van der Waals surface area contributed by atoms with E-state index in [4.69, 9.17) is 5.73 Å². The van der Waals surface area contributed by atoms with Crippen molar-refractivity contribution in [2.45, 2.75) is 32.4 Å². The number of likely N-dealkylation sites (N-methyl/N-ethyl adjacent to an activating group) is 1. The van der Waals surface area contributed by atoms with E-state index >= 15 is 0 Å². The van der Waals surface area contributed by atoms with Crippen molar-refractivity contribution in [2.24, 2.45) is 5.73 Å². The molecule has 0 heterocycles. The summed E-state index contributed by atoms with van der Waals surface area (Å²) < 4.78 is 0. The molecule has 4 nitrogen and oxygen atoms in total. The fourth-order valence-corrected chi connectivity index (χ4v) is 1.96. The Balaban J connectivity index is 2.64. The van der Waals surface area contributed by atoms with Crippen molar-refractivity contribution in [3.05, 3.63) is 35.4 Å². The summed E-state index contributed by atoms with van der Waals surface area (Å²) in [6, 6.07) is 8.48. The minimum Gasteiger partial charge on any atom is -0.354 e. The number of nitrogens with one attached hydrogen (secondary N) is 1. The van der Waals surface area contributed by atoms with Crippen LogP contribution in [0.15, 0.2) is 24.3 Å². The fourth-order valence-electron chi connectivity index (χ4n) is 1.96. The molecule has 3 N–H and O–H groups in total. The molecule has 0 radical (unpaired) electrons. The van der Waals surface area contributed by atoms with Crippen LogP contribution in [0.4, 0.5) is 0 Å². The molecule has 0 saturated heterocycles. The number of carbonyl (C=O) groups is 1. The lowest BCUT2D eigenvalue weighted by Gasteiger charge is -2.25. The van der Waals surface area contributed by atoms with E-state index < -0.39 is 0 Å². The quantitative estimate of drug-likeness (QED) is 0.817. The summed E-state index contributed by atoms with van der Waals surface area (Å²) in [5.41, 5.74) is 8.06. The standard InChI is InChI=1S/C15H25N3O/c1-11-5-7-13(8-6-11)14(18(3)4)10-17-15(19)9-12(2)16/h5-8,12,14H,9-10,16H2,1-4H3,(H,17,19). The molecule has 1 aromatic carbocycles. The van der Waals surface area contributed by atoms with Crippen LogP contribution in [-0.4, -0.2) is 37.5 Å². The third kappa shape index (κ3) is 5.41. The molecule has 2 atom stereocenters. The van der Waals surface area contributed by atoms with Gasteiger partial charge in [0.1, 0.15) is 0 Å². The van der Waals surface area contributed by atoms with Crippen LogP contribution in [0, 0.1) is 6.92 Å². The number of hydrogen-bond donors (Lipinski definition) is 2. The van der Waals surface area contributed by atoms with Crippen molar-refractivity contribution < 1.29 is 4.79 Å². The number of aryl methyl sites for hydroxylation is 1. The minimum atomic E-state index is -0.0998. The Bertz CT molecular complexity index is 398. The fraction of sp³-hybridized carbons (Fsp3) is 0.533. The molecule has 0 aliphatic rings. The number of carbonyl (C=O) groups excluding carboxylic acids is 1. The van der Waals surface area contributed by atoms with Gasteiger partial charge in [-0.1, -0.05) is 29.8 Å². The van der Waals surface area contributed by atoms with E-state index in [1.807, 2.05) is 21.0 Å². The molecule has 0 spiro atoms. The lowest BCUT2D eigenvalue weighted by atomic mass is 10.0. The molecule has 0 aliphatic heterocycles. The summed E-state index contributed by atoms with van der Waals surface area (Å²) in [6.07, 6.45) is 0.369. The lowest BCUT2D eigenvalue weighted by molar-refractivity contribution is -0.121. The zero-order valence-electron chi connectivity index (χ0n) is 12.3. The van der Waals surface area contributed by atoms with Gasteiger partial charge in [0.05, 0.1) is 6.04 Å². The lowest BCUT2D eigenvalue weighted by Crippen LogP contribution is -2.36. The van der Waals surface area contributed by atoms with Gasteiger partial charge in [-0.3, -0.25) is 4.79 Å². The second-order valence-electron chi connectivity index (χ2n) is 5.38. The number of hydrogen-bond acceptors (Lipinski definition) is 3. The van der Waals surface area contributed by atoms with Gasteiger partial charge in [-0.05, 0) is 33.5 Å². The second kappa shape index (κ2) is 7.26. The molecule has 0 aliphatic carbocycles. The van der Waals surface area contributed by atoms with Crippen LogP contribution >= 0.6 is 0 Å². The van der Waals surface area contributed by atoms with Gasteiger partial charge in [0.2, 0.25) is 5.91 Å². The zero-order chi connectivity index (χ0) is 14.4. The Morgan fingerprint density at radius 2 is 1.89 bits per heavy atom. The maximum Gasteiger partial charge on any atom is 0.221 e. The van der Waals surface area contributed by atoms with E-state index in [0.29, 0.717) is 13.0 Å². The van der Waals surface area contributed by atoms with Gasteiger partial charge >= 0.3 is 0 Å². The second-order valence-corrected chi connectivity index (χ2v) is 5.38. The molecule has 2 unspecified atom stereocenters. The van der Waals surface area contributed by atoms with Crippen LogP contribution in [-0.2, 0) is 4.79 Å². The molecular weight excluding hydrogens is 238 g/mol. The highest BCUT2D eigenvalue weighted by Gasteiger charge is 2.15. The average Bonchev–Trinajstić information content (AvgIpc) is 2.30. The van der Waals surface area contributed by atoms with Crippen molar-refractivity contribution in [1.82, 2.24) is 10.2 Å². The Labute approximate surface area is 116 Å². The first-order chi connectivity index (χ1) is 8.90. The van der Waals surface area contributed by atoms with Gasteiger partial charge in [-0.2, -0.15) is 0 Å². The van der Waals surface area contributed by atoms with Crippen LogP contribution in [0.25, 0.3) is 0 Å². The minimum absolute atomic E-state index is 0.00830. The van der Waals surface area contributed by atoms with Crippen LogP contribution in [0.5, 0.6) is 0 Å². The Hall–Kier alpha value is -1.39. The van der Waals surface area contributed by atoms with E-state index in [0.717, 1.165) is 0 Å². The van der Waals surface area contributed by atoms with Crippen LogP contribution in [0.3, 0.4) is 0 Å². The molecule has 0 saturated carbocycles. The summed E-state index contributed by atoms with van der Waals surface area (Å²) in [5, 5.41) is 2.95. The SMILES string of the molecule is Cc1ccc(C(CNC(=O)CC(C)N)N(C)C)cc1. The Kier molecular flexibility index (Phi) is 5.99. The number of benzene rings is 1. The van der Waals surface area contributed by atoms with Gasteiger partial charge in [0.15, 0.2) is 0 Å². The van der Waals surface area contributed by atoms with Crippen LogP contribution < -0.4 is 11.1 Å². The van der Waals surface area contributed by atoms with Gasteiger partial charge in [0, 0.05) is 19.0 Å². The largest absolute Gasteiger partial charge is 0.354 e. The predicted molar refractivity (Wildman–Crippen MR) is 78.9 cm³/mol. The molecule has 0 aromatic heterocycles. The zero-order valence-corrected chi connectivity index (χ0v) is 12.3. The molecular formula is C15H25N3O. The van der Waals surface area contributed by atoms with Crippen molar-refractivity contribution in [2.75, 3.05) is 20.6 Å². The topological polar surface area (TPSA) is 58.4 Å². The number of rotatable bonds is 6. The van der Waals surface area contributed by atoms with Crippen molar-refractivity contribution >= 4 is 5.91 Å². The molecule has 106 valence electrons. The van der Waals surface area contributed by atoms with Crippen molar-refractivity contribution in [3.8, 4) is 0 Å². The van der Waals surface area contributed by atoms with E-state index in [1.54, 1.807) is 0 Å². The first-order valence-corrected chi connectivity index (χ1v) is 6.65. The highest BCUT2D eigenvalue weighted by Crippen LogP contribution is 2.17. The van der Waals surface area contributed by atoms with Crippen molar-refractivity contribution in [3.63, 3.8) is 0 Å². The molecule has 19 heavy (non-hydrogen) atoms. The number of nitrogens with two attached hydrogens (primary N) is 1. The Morgan fingerprint density at radius 1 is 1.32 bits per heavy atom. The molecule has 1 rings (SSSR count). The maximum atomic E-state index is 11.7. The number of amides is 1. The predicted octanol–water partition coefficient (Wildman–Crippen LogP) is 1.45. The monoisotopic (exact) mass is 263 g/mol. The van der Waals surface area contributed by atoms with Crippen LogP contribution in [0.1, 0.15) is 30.5 Å². The van der Waals surface area contributed by atoms with E-state index in [2.05, 4.69) is 41.4 Å². The molecule has 1 aromatic rings. The van der Waals surface area contributed by atoms with Crippen molar-refractivity contribution in [1.29, 1.82) is 0 Å². The van der Waals surface area contributed by atoms with Gasteiger partial charge < -0.3 is 16.0 Å². The third-order valence-corrected chi connectivity index (χ3v) is 3.09. The van der Waals surface area contributed by atoms with E-state index in [-0.39, 0.29) is 18.0 Å². The highest BCUT2D eigenvalue weighted by molar-refractivity contribution is 5.76. The Morgan fingerprint density at radius 3 is 2.37 bits per heavy atom. The first-order valence-electron chi connectivity index (χ1n) is 6.65. The average molecular weight is 263 g/mol. The molecule has 4 heteroatoms. The third-order valence-electron chi connectivity index (χ3n) is 3.09. The van der Waals surface area contributed by atoms with Gasteiger partial charge in [0.25, 0.3) is 0 Å². The van der Waals surface area contributed by atoms with E-state index in [9.17, 15) is 4.79 Å². The highest BCUT2D eigenvalue weighted by atomic mass is 16.1. The van der Waals surface area contributed by atoms with Gasteiger partial charge in [-0.15, -0.1) is 0 Å². The normalized spacial score (nSPS) is 14.2.